The van der Waals surface area contributed by atoms with Crippen molar-refractivity contribution < 1.29 is 18.0 Å². The summed E-state index contributed by atoms with van der Waals surface area (Å²) in [5.41, 5.74) is 1.63. The molecule has 1 saturated heterocycles. The second kappa shape index (κ2) is 6.44. The van der Waals surface area contributed by atoms with Gasteiger partial charge < -0.3 is 4.90 Å². The topological polar surface area (TPSA) is 51.0 Å². The monoisotopic (exact) mass is 360 g/mol. The Labute approximate surface area is 147 Å². The first-order valence-electron chi connectivity index (χ1n) is 8.25. The zero-order valence-corrected chi connectivity index (χ0v) is 13.7. The van der Waals surface area contributed by atoms with Crippen LogP contribution in [0.3, 0.4) is 0 Å². The number of benzene rings is 1. The van der Waals surface area contributed by atoms with E-state index < -0.39 is 17.8 Å². The van der Waals surface area contributed by atoms with E-state index in [1.54, 1.807) is 11.0 Å². The largest absolute Gasteiger partial charge is 0.338 e. The highest BCUT2D eigenvalue weighted by Gasteiger charge is 2.24. The second-order valence-corrected chi connectivity index (χ2v) is 6.25. The zero-order chi connectivity index (χ0) is 18.3. The van der Waals surface area contributed by atoms with E-state index in [9.17, 15) is 18.0 Å². The van der Waals surface area contributed by atoms with E-state index in [2.05, 4.69) is 9.97 Å². The van der Waals surface area contributed by atoms with Gasteiger partial charge in [0.1, 0.15) is 18.0 Å². The maximum atomic E-state index is 13.5. The van der Waals surface area contributed by atoms with Crippen molar-refractivity contribution in [3.63, 3.8) is 0 Å². The Bertz CT molecular complexity index is 980. The molecular weight excluding hydrogens is 345 g/mol. The Morgan fingerprint density at radius 3 is 2.58 bits per heavy atom. The van der Waals surface area contributed by atoms with Crippen molar-refractivity contribution in [2.45, 2.75) is 19.0 Å². The second-order valence-electron chi connectivity index (χ2n) is 6.25. The predicted octanol–water partition coefficient (Wildman–Crippen LogP) is 3.27. The van der Waals surface area contributed by atoms with Gasteiger partial charge in [-0.05, 0) is 31.0 Å². The van der Waals surface area contributed by atoms with Crippen LogP contribution in [0.1, 0.15) is 23.2 Å². The summed E-state index contributed by atoms with van der Waals surface area (Å²) in [5.74, 6) is -2.11. The lowest BCUT2D eigenvalue weighted by Crippen LogP contribution is -2.39. The fraction of sp³-hybridized carbons (Fsp3) is 0.278. The van der Waals surface area contributed by atoms with Gasteiger partial charge in [0.15, 0.2) is 17.3 Å². The highest BCUT2D eigenvalue weighted by atomic mass is 19.2. The molecule has 5 nitrogen and oxygen atoms in total. The van der Waals surface area contributed by atoms with E-state index in [1.807, 2.05) is 0 Å². The molecule has 0 atom stereocenters. The Kier molecular flexibility index (Phi) is 4.10. The molecule has 0 saturated carbocycles. The van der Waals surface area contributed by atoms with Crippen molar-refractivity contribution >= 4 is 17.1 Å². The smallest absolute Gasteiger partial charge is 0.255 e. The van der Waals surface area contributed by atoms with Gasteiger partial charge in [0, 0.05) is 25.4 Å². The Morgan fingerprint density at radius 1 is 1.08 bits per heavy atom. The SMILES string of the molecule is O=C(c1cnc2c(c1)ncn2-c1ccc(F)c(F)c1)N1CCC(F)CC1. The summed E-state index contributed by atoms with van der Waals surface area (Å²) in [6.45, 7) is 0.753. The number of nitrogens with zero attached hydrogens (tertiary/aromatic N) is 4. The molecular formula is C18H15F3N4O. The van der Waals surface area contributed by atoms with Crippen LogP contribution in [0.4, 0.5) is 13.2 Å². The average molecular weight is 360 g/mol. The van der Waals surface area contributed by atoms with Crippen LogP contribution < -0.4 is 0 Å². The van der Waals surface area contributed by atoms with Gasteiger partial charge in [0.2, 0.25) is 0 Å². The molecule has 0 radical (unpaired) electrons. The molecule has 2 aromatic heterocycles. The number of amides is 1. The summed E-state index contributed by atoms with van der Waals surface area (Å²) in [4.78, 5) is 22.6. The number of alkyl halides is 1. The molecule has 3 heterocycles. The summed E-state index contributed by atoms with van der Waals surface area (Å²) >= 11 is 0. The summed E-state index contributed by atoms with van der Waals surface area (Å²) in [6.07, 6.45) is 2.68. The molecule has 134 valence electrons. The summed E-state index contributed by atoms with van der Waals surface area (Å²) in [5, 5.41) is 0. The number of rotatable bonds is 2. The van der Waals surface area contributed by atoms with Crippen LogP contribution in [-0.4, -0.2) is 44.6 Å². The Balaban J connectivity index is 1.65. The number of hydrogen-bond acceptors (Lipinski definition) is 3. The maximum absolute atomic E-state index is 13.5. The highest BCUT2D eigenvalue weighted by molar-refractivity contribution is 5.96. The third-order valence-corrected chi connectivity index (χ3v) is 4.53. The normalized spacial score (nSPS) is 15.6. The minimum Gasteiger partial charge on any atom is -0.338 e. The average Bonchev–Trinajstić information content (AvgIpc) is 3.07. The summed E-state index contributed by atoms with van der Waals surface area (Å²) in [6, 6.07) is 5.10. The molecule has 1 aliphatic rings. The molecule has 0 aliphatic carbocycles. The summed E-state index contributed by atoms with van der Waals surface area (Å²) < 4.78 is 41.3. The minimum absolute atomic E-state index is 0.214. The van der Waals surface area contributed by atoms with Crippen molar-refractivity contribution in [2.24, 2.45) is 0 Å². The van der Waals surface area contributed by atoms with Gasteiger partial charge in [-0.15, -0.1) is 0 Å². The van der Waals surface area contributed by atoms with Crippen LogP contribution >= 0.6 is 0 Å². The van der Waals surface area contributed by atoms with Gasteiger partial charge in [-0.3, -0.25) is 9.36 Å². The lowest BCUT2D eigenvalue weighted by atomic mass is 10.1. The van der Waals surface area contributed by atoms with E-state index in [0.717, 1.165) is 12.1 Å². The number of carbonyl (C=O) groups is 1. The van der Waals surface area contributed by atoms with Gasteiger partial charge in [0.25, 0.3) is 5.91 Å². The van der Waals surface area contributed by atoms with Crippen molar-refractivity contribution in [3.05, 3.63) is 54.0 Å². The number of carbonyl (C=O) groups excluding carboxylic acids is 1. The third kappa shape index (κ3) is 2.91. The number of likely N-dealkylation sites (tertiary alicyclic amines) is 1. The van der Waals surface area contributed by atoms with E-state index in [-0.39, 0.29) is 5.91 Å². The molecule has 0 spiro atoms. The number of fused-ring (bicyclic) bond motifs is 1. The fourth-order valence-corrected chi connectivity index (χ4v) is 3.08. The van der Waals surface area contributed by atoms with Crippen molar-refractivity contribution in [1.82, 2.24) is 19.4 Å². The molecule has 0 bridgehead atoms. The molecule has 0 unspecified atom stereocenters. The fourth-order valence-electron chi connectivity index (χ4n) is 3.08. The van der Waals surface area contributed by atoms with E-state index in [1.165, 1.54) is 23.2 Å². The molecule has 1 amide bonds. The molecule has 1 fully saturated rings. The predicted molar refractivity (Wildman–Crippen MR) is 88.8 cm³/mol. The molecule has 1 aliphatic heterocycles. The van der Waals surface area contributed by atoms with Gasteiger partial charge in [-0.25, -0.2) is 23.1 Å². The third-order valence-electron chi connectivity index (χ3n) is 4.53. The quantitative estimate of drug-likeness (QED) is 0.705. The number of aromatic nitrogens is 3. The van der Waals surface area contributed by atoms with E-state index in [4.69, 9.17) is 0 Å². The first-order valence-corrected chi connectivity index (χ1v) is 8.25. The van der Waals surface area contributed by atoms with Crippen LogP contribution in [0, 0.1) is 11.6 Å². The molecule has 8 heteroatoms. The van der Waals surface area contributed by atoms with Crippen LogP contribution in [0.15, 0.2) is 36.8 Å². The van der Waals surface area contributed by atoms with Crippen LogP contribution in [0.2, 0.25) is 0 Å². The van der Waals surface area contributed by atoms with Gasteiger partial charge >= 0.3 is 0 Å². The number of halogens is 3. The number of hydrogen-bond donors (Lipinski definition) is 0. The zero-order valence-electron chi connectivity index (χ0n) is 13.7. The van der Waals surface area contributed by atoms with Crippen LogP contribution in [-0.2, 0) is 0 Å². The molecule has 4 rings (SSSR count). The Morgan fingerprint density at radius 2 is 1.85 bits per heavy atom. The lowest BCUT2D eigenvalue weighted by molar-refractivity contribution is 0.0666. The van der Waals surface area contributed by atoms with Gasteiger partial charge in [-0.2, -0.15) is 0 Å². The number of pyridine rings is 1. The highest BCUT2D eigenvalue weighted by Crippen LogP contribution is 2.21. The number of imidazole rings is 1. The first kappa shape index (κ1) is 16.6. The van der Waals surface area contributed by atoms with Crippen molar-refractivity contribution in [2.75, 3.05) is 13.1 Å². The summed E-state index contributed by atoms with van der Waals surface area (Å²) in [7, 11) is 0. The molecule has 0 N–H and O–H groups in total. The molecule has 1 aromatic carbocycles. The number of piperidine rings is 1. The van der Waals surface area contributed by atoms with Gasteiger partial charge in [0.05, 0.1) is 11.3 Å². The first-order chi connectivity index (χ1) is 12.5. The maximum Gasteiger partial charge on any atom is 0.255 e. The lowest BCUT2D eigenvalue weighted by Gasteiger charge is -2.28. The van der Waals surface area contributed by atoms with Crippen molar-refractivity contribution in [1.29, 1.82) is 0 Å². The van der Waals surface area contributed by atoms with Gasteiger partial charge in [-0.1, -0.05) is 0 Å². The van der Waals surface area contributed by atoms with E-state index in [0.29, 0.717) is 48.3 Å². The minimum atomic E-state index is -0.965. The van der Waals surface area contributed by atoms with E-state index >= 15 is 0 Å². The van der Waals surface area contributed by atoms with Crippen molar-refractivity contribution in [3.8, 4) is 5.69 Å². The van der Waals surface area contributed by atoms with Crippen LogP contribution in [0.5, 0.6) is 0 Å². The van der Waals surface area contributed by atoms with Crippen LogP contribution in [0.25, 0.3) is 16.9 Å². The molecule has 26 heavy (non-hydrogen) atoms. The molecule has 3 aromatic rings. The Hall–Kier alpha value is -2.90. The standard InChI is InChI=1S/C18H15F3N4O/c19-12-3-5-24(6-4-12)18(26)11-7-16-17(22-9-11)25(10-23-16)13-1-2-14(20)15(21)8-13/h1-2,7-10,12H,3-6H2.